The van der Waals surface area contributed by atoms with Crippen LogP contribution < -0.4 is 5.32 Å². The van der Waals surface area contributed by atoms with Gasteiger partial charge in [-0.15, -0.1) is 0 Å². The Balaban J connectivity index is 1.44. The Bertz CT molecular complexity index is 1130. The Morgan fingerprint density at radius 3 is 2.14 bits per heavy atom. The minimum atomic E-state index is -0.225. The second-order valence-corrected chi connectivity index (χ2v) is 7.28. The maximum absolute atomic E-state index is 13.0. The van der Waals surface area contributed by atoms with Crippen LogP contribution in [0.2, 0.25) is 0 Å². The van der Waals surface area contributed by atoms with Gasteiger partial charge in [-0.1, -0.05) is 66.7 Å². The molecular weight excluding hydrogens is 350 g/mol. The molecule has 28 heavy (non-hydrogen) atoms. The lowest BCUT2D eigenvalue weighted by atomic mass is 9.83. The van der Waals surface area contributed by atoms with Crippen LogP contribution in [-0.2, 0) is 4.79 Å². The summed E-state index contributed by atoms with van der Waals surface area (Å²) >= 11 is 0. The van der Waals surface area contributed by atoms with E-state index in [2.05, 4.69) is 5.32 Å². The topological polar surface area (TPSA) is 63.2 Å². The number of fused-ring (bicyclic) bond motifs is 2. The third-order valence-corrected chi connectivity index (χ3v) is 5.57. The van der Waals surface area contributed by atoms with Crippen molar-refractivity contribution >= 4 is 23.2 Å². The summed E-state index contributed by atoms with van der Waals surface area (Å²) in [6, 6.07) is 21.8. The Morgan fingerprint density at radius 1 is 0.750 bits per heavy atom. The molecule has 3 aromatic carbocycles. The molecule has 0 aromatic heterocycles. The lowest BCUT2D eigenvalue weighted by Gasteiger charge is -2.20. The van der Waals surface area contributed by atoms with E-state index >= 15 is 0 Å². The minimum Gasteiger partial charge on any atom is -0.325 e. The third-order valence-electron chi connectivity index (χ3n) is 5.57. The van der Waals surface area contributed by atoms with Gasteiger partial charge in [0.1, 0.15) is 0 Å². The van der Waals surface area contributed by atoms with Crippen molar-refractivity contribution in [2.45, 2.75) is 12.3 Å². The minimum absolute atomic E-state index is 0.110. The van der Waals surface area contributed by atoms with Crippen LogP contribution in [0.4, 0.5) is 5.69 Å². The van der Waals surface area contributed by atoms with Crippen molar-refractivity contribution < 1.29 is 14.4 Å². The zero-order valence-electron chi connectivity index (χ0n) is 15.0. The average Bonchev–Trinajstić information content (AvgIpc) is 3.54. The molecule has 2 unspecified atom stereocenters. The molecule has 0 spiro atoms. The molecule has 4 nitrogen and oxygen atoms in total. The molecule has 3 aromatic rings. The van der Waals surface area contributed by atoms with Gasteiger partial charge in [0.25, 0.3) is 0 Å². The van der Waals surface area contributed by atoms with E-state index in [1.807, 2.05) is 30.3 Å². The Hall–Kier alpha value is -3.53. The number of carbonyl (C=O) groups excluding carboxylic acids is 3. The molecule has 0 bridgehead atoms. The summed E-state index contributed by atoms with van der Waals surface area (Å²) in [5.41, 5.74) is 2.99. The van der Waals surface area contributed by atoms with E-state index in [1.165, 1.54) is 0 Å². The molecule has 1 amide bonds. The van der Waals surface area contributed by atoms with Crippen LogP contribution >= 0.6 is 0 Å². The fraction of sp³-hybridized carbons (Fsp3) is 0.125. The maximum atomic E-state index is 13.0. The number of rotatable bonds is 3. The highest BCUT2D eigenvalue weighted by molar-refractivity contribution is 6.30. The molecular formula is C24H17NO3. The van der Waals surface area contributed by atoms with E-state index in [0.717, 1.165) is 12.0 Å². The molecule has 2 aliphatic rings. The molecule has 0 saturated heterocycles. The Labute approximate surface area is 162 Å². The number of carbonyl (C=O) groups is 3. The molecule has 0 aliphatic heterocycles. The van der Waals surface area contributed by atoms with Crippen LogP contribution in [0.25, 0.3) is 0 Å². The van der Waals surface area contributed by atoms with Crippen molar-refractivity contribution in [3.63, 3.8) is 0 Å². The van der Waals surface area contributed by atoms with E-state index in [0.29, 0.717) is 22.4 Å². The molecule has 2 atom stereocenters. The van der Waals surface area contributed by atoms with Crippen molar-refractivity contribution in [1.29, 1.82) is 0 Å². The predicted octanol–water partition coefficient (Wildman–Crippen LogP) is 4.20. The van der Waals surface area contributed by atoms with Gasteiger partial charge in [-0.25, -0.2) is 0 Å². The van der Waals surface area contributed by atoms with E-state index in [1.54, 1.807) is 42.5 Å². The normalized spacial score (nSPS) is 19.6. The summed E-state index contributed by atoms with van der Waals surface area (Å²) in [4.78, 5) is 38.6. The van der Waals surface area contributed by atoms with Crippen LogP contribution in [0.5, 0.6) is 0 Å². The molecule has 0 radical (unpaired) electrons. The Morgan fingerprint density at radius 2 is 1.39 bits per heavy atom. The molecule has 0 heterocycles. The summed E-state index contributed by atoms with van der Waals surface area (Å²) in [5.74, 6) is -0.425. The van der Waals surface area contributed by atoms with Gasteiger partial charge >= 0.3 is 0 Å². The van der Waals surface area contributed by atoms with E-state index < -0.39 is 0 Å². The molecule has 136 valence electrons. The summed E-state index contributed by atoms with van der Waals surface area (Å²) in [5, 5.41) is 2.90. The first kappa shape index (κ1) is 16.6. The van der Waals surface area contributed by atoms with Crippen molar-refractivity contribution in [1.82, 2.24) is 0 Å². The van der Waals surface area contributed by atoms with E-state index in [9.17, 15) is 14.4 Å². The summed E-state index contributed by atoms with van der Waals surface area (Å²) < 4.78 is 0. The number of ketones is 2. The second kappa shape index (κ2) is 6.27. The van der Waals surface area contributed by atoms with Crippen molar-refractivity contribution in [2.24, 2.45) is 5.92 Å². The first-order valence-corrected chi connectivity index (χ1v) is 9.32. The summed E-state index contributed by atoms with van der Waals surface area (Å²) in [6.07, 6.45) is 0.792. The summed E-state index contributed by atoms with van der Waals surface area (Å²) in [7, 11) is 0. The van der Waals surface area contributed by atoms with E-state index in [-0.39, 0.29) is 34.9 Å². The van der Waals surface area contributed by atoms with E-state index in [4.69, 9.17) is 0 Å². The standard InChI is InChI=1S/C24H17NO3/c26-22-15-9-4-5-10-16(15)23(27)21-17(22)11-6-12-20(21)25-24(28)19-13-18(19)14-7-2-1-3-8-14/h1-12,18-19H,13H2,(H,25,28). The molecule has 1 saturated carbocycles. The predicted molar refractivity (Wildman–Crippen MR) is 106 cm³/mol. The lowest BCUT2D eigenvalue weighted by molar-refractivity contribution is -0.117. The third kappa shape index (κ3) is 2.57. The number of nitrogens with one attached hydrogen (secondary N) is 1. The van der Waals surface area contributed by atoms with Gasteiger partial charge in [-0.05, 0) is 24.0 Å². The van der Waals surface area contributed by atoms with Gasteiger partial charge in [0.05, 0.1) is 11.3 Å². The highest BCUT2D eigenvalue weighted by atomic mass is 16.2. The van der Waals surface area contributed by atoms with Crippen LogP contribution in [0.1, 0.15) is 49.7 Å². The van der Waals surface area contributed by atoms with Crippen molar-refractivity contribution in [2.75, 3.05) is 5.32 Å². The SMILES string of the molecule is O=C1c2ccccc2C(=O)c2c(NC(=O)C3CC3c3ccccc3)cccc21. The maximum Gasteiger partial charge on any atom is 0.228 e. The number of hydrogen-bond donors (Lipinski definition) is 1. The highest BCUT2D eigenvalue weighted by Gasteiger charge is 2.44. The van der Waals surface area contributed by atoms with Crippen molar-refractivity contribution in [3.05, 3.63) is 101 Å². The average molecular weight is 367 g/mol. The molecule has 1 N–H and O–H groups in total. The summed E-state index contributed by atoms with van der Waals surface area (Å²) in [6.45, 7) is 0. The fourth-order valence-corrected chi connectivity index (χ4v) is 4.03. The number of amides is 1. The van der Waals surface area contributed by atoms with Crippen LogP contribution in [0.3, 0.4) is 0 Å². The van der Waals surface area contributed by atoms with Crippen LogP contribution in [-0.4, -0.2) is 17.5 Å². The molecule has 2 aliphatic carbocycles. The zero-order chi connectivity index (χ0) is 19.3. The van der Waals surface area contributed by atoms with Gasteiger partial charge in [0.2, 0.25) is 5.91 Å². The first-order chi connectivity index (χ1) is 13.6. The quantitative estimate of drug-likeness (QED) is 0.590. The van der Waals surface area contributed by atoms with Gasteiger partial charge in [0.15, 0.2) is 11.6 Å². The zero-order valence-corrected chi connectivity index (χ0v) is 15.0. The molecule has 5 rings (SSSR count). The number of hydrogen-bond acceptors (Lipinski definition) is 3. The smallest absolute Gasteiger partial charge is 0.228 e. The van der Waals surface area contributed by atoms with Gasteiger partial charge in [0, 0.05) is 22.6 Å². The van der Waals surface area contributed by atoms with Gasteiger partial charge in [-0.2, -0.15) is 0 Å². The van der Waals surface area contributed by atoms with Gasteiger partial charge < -0.3 is 5.32 Å². The first-order valence-electron chi connectivity index (χ1n) is 9.32. The fourth-order valence-electron chi connectivity index (χ4n) is 4.03. The second-order valence-electron chi connectivity index (χ2n) is 7.28. The number of benzene rings is 3. The van der Waals surface area contributed by atoms with Crippen LogP contribution in [0.15, 0.2) is 72.8 Å². The Kier molecular flexibility index (Phi) is 3.72. The van der Waals surface area contributed by atoms with Crippen molar-refractivity contribution in [3.8, 4) is 0 Å². The van der Waals surface area contributed by atoms with Crippen LogP contribution in [0, 0.1) is 5.92 Å². The highest BCUT2D eigenvalue weighted by Crippen LogP contribution is 2.48. The lowest BCUT2D eigenvalue weighted by Crippen LogP contribution is -2.24. The largest absolute Gasteiger partial charge is 0.325 e. The monoisotopic (exact) mass is 367 g/mol. The van der Waals surface area contributed by atoms with Gasteiger partial charge in [-0.3, -0.25) is 14.4 Å². The number of anilines is 1. The molecule has 4 heteroatoms. The molecule has 1 fully saturated rings.